The van der Waals surface area contributed by atoms with Gasteiger partial charge in [-0.25, -0.2) is 4.79 Å². The molecule has 1 fully saturated rings. The van der Waals surface area contributed by atoms with Crippen LogP contribution in [0.25, 0.3) is 0 Å². The van der Waals surface area contributed by atoms with E-state index in [1.807, 2.05) is 13.8 Å². The van der Waals surface area contributed by atoms with Gasteiger partial charge >= 0.3 is 12.0 Å². The molecule has 20 heavy (non-hydrogen) atoms. The Balaban J connectivity index is 2.40. The summed E-state index contributed by atoms with van der Waals surface area (Å²) in [5.74, 6) is -0.899. The standard InChI is InChI=1S/C15H28N2O3/c1-10(2)12(14(18)19)9-16-15(20)17-13-8-6-4-5-7-11(13)3/h10-13H,4-9H2,1-3H3,(H,18,19)(H2,16,17,20). The smallest absolute Gasteiger partial charge is 0.315 e. The monoisotopic (exact) mass is 284 g/mol. The molecule has 0 saturated heterocycles. The first-order valence-corrected chi connectivity index (χ1v) is 7.69. The average Bonchev–Trinajstić information content (AvgIpc) is 2.54. The third-order valence-electron chi connectivity index (χ3n) is 4.28. The van der Waals surface area contributed by atoms with Crippen LogP contribution in [0.4, 0.5) is 4.79 Å². The molecule has 1 saturated carbocycles. The lowest BCUT2D eigenvalue weighted by atomic mass is 9.96. The zero-order chi connectivity index (χ0) is 15.1. The number of nitrogens with one attached hydrogen (secondary N) is 2. The molecule has 0 aliphatic heterocycles. The van der Waals surface area contributed by atoms with E-state index >= 15 is 0 Å². The summed E-state index contributed by atoms with van der Waals surface area (Å²) in [7, 11) is 0. The molecular formula is C15H28N2O3. The van der Waals surface area contributed by atoms with E-state index in [1.54, 1.807) is 0 Å². The summed E-state index contributed by atoms with van der Waals surface area (Å²) in [4.78, 5) is 23.0. The molecular weight excluding hydrogens is 256 g/mol. The van der Waals surface area contributed by atoms with Gasteiger partial charge in [0.2, 0.25) is 0 Å². The molecule has 0 spiro atoms. The lowest BCUT2D eigenvalue weighted by Crippen LogP contribution is -2.47. The number of amides is 2. The topological polar surface area (TPSA) is 78.4 Å². The number of rotatable bonds is 5. The third-order valence-corrected chi connectivity index (χ3v) is 4.28. The predicted octanol–water partition coefficient (Wildman–Crippen LogP) is 2.61. The van der Waals surface area contributed by atoms with Crippen LogP contribution in [0.15, 0.2) is 0 Å². The van der Waals surface area contributed by atoms with E-state index in [-0.39, 0.29) is 24.5 Å². The van der Waals surface area contributed by atoms with Crippen LogP contribution in [0.3, 0.4) is 0 Å². The van der Waals surface area contributed by atoms with Gasteiger partial charge in [-0.2, -0.15) is 0 Å². The number of hydrogen-bond acceptors (Lipinski definition) is 2. The minimum atomic E-state index is -0.858. The minimum Gasteiger partial charge on any atom is -0.481 e. The summed E-state index contributed by atoms with van der Waals surface area (Å²) < 4.78 is 0. The Labute approximate surface area is 121 Å². The first kappa shape index (κ1) is 16.8. The molecule has 3 unspecified atom stereocenters. The van der Waals surface area contributed by atoms with Crippen LogP contribution in [-0.4, -0.2) is 29.7 Å². The van der Waals surface area contributed by atoms with E-state index < -0.39 is 11.9 Å². The minimum absolute atomic E-state index is 0.00426. The van der Waals surface area contributed by atoms with Gasteiger partial charge in [0.15, 0.2) is 0 Å². The van der Waals surface area contributed by atoms with Crippen LogP contribution in [0, 0.1) is 17.8 Å². The molecule has 0 aromatic heterocycles. The first-order valence-electron chi connectivity index (χ1n) is 7.69. The largest absolute Gasteiger partial charge is 0.481 e. The Hall–Kier alpha value is -1.26. The molecule has 0 heterocycles. The van der Waals surface area contributed by atoms with Crippen LogP contribution < -0.4 is 10.6 Å². The lowest BCUT2D eigenvalue weighted by molar-refractivity contribution is -0.142. The second-order valence-corrected chi connectivity index (χ2v) is 6.26. The summed E-state index contributed by atoms with van der Waals surface area (Å²) in [6.07, 6.45) is 5.78. The Morgan fingerprint density at radius 1 is 1.20 bits per heavy atom. The van der Waals surface area contributed by atoms with Crippen molar-refractivity contribution in [3.8, 4) is 0 Å². The van der Waals surface area contributed by atoms with E-state index in [2.05, 4.69) is 17.6 Å². The summed E-state index contributed by atoms with van der Waals surface area (Å²) >= 11 is 0. The van der Waals surface area contributed by atoms with E-state index in [4.69, 9.17) is 5.11 Å². The summed E-state index contributed by atoms with van der Waals surface area (Å²) in [5.41, 5.74) is 0. The third kappa shape index (κ3) is 5.39. The van der Waals surface area contributed by atoms with Gasteiger partial charge in [0.25, 0.3) is 0 Å². The van der Waals surface area contributed by atoms with E-state index in [1.165, 1.54) is 12.8 Å². The number of carboxylic acids is 1. The number of hydrogen-bond donors (Lipinski definition) is 3. The fourth-order valence-corrected chi connectivity index (χ4v) is 2.74. The second-order valence-electron chi connectivity index (χ2n) is 6.26. The van der Waals surface area contributed by atoms with Crippen molar-refractivity contribution in [2.75, 3.05) is 6.54 Å². The second kappa shape index (κ2) is 8.12. The summed E-state index contributed by atoms with van der Waals surface area (Å²) in [6.45, 7) is 6.06. The summed E-state index contributed by atoms with van der Waals surface area (Å²) in [5, 5.41) is 14.8. The highest BCUT2D eigenvalue weighted by Gasteiger charge is 2.24. The van der Waals surface area contributed by atoms with Gasteiger partial charge in [-0.05, 0) is 24.7 Å². The highest BCUT2D eigenvalue weighted by atomic mass is 16.4. The molecule has 1 aliphatic carbocycles. The maximum Gasteiger partial charge on any atom is 0.315 e. The first-order chi connectivity index (χ1) is 9.41. The molecule has 5 heteroatoms. The molecule has 116 valence electrons. The Bertz CT molecular complexity index is 331. The number of carbonyl (C=O) groups is 2. The molecule has 1 rings (SSSR count). The van der Waals surface area contributed by atoms with E-state index in [9.17, 15) is 9.59 Å². The molecule has 3 N–H and O–H groups in total. The van der Waals surface area contributed by atoms with Crippen molar-refractivity contribution in [2.24, 2.45) is 17.8 Å². The van der Waals surface area contributed by atoms with Crippen molar-refractivity contribution < 1.29 is 14.7 Å². The van der Waals surface area contributed by atoms with Crippen LogP contribution in [0.5, 0.6) is 0 Å². The van der Waals surface area contributed by atoms with E-state index in [0.29, 0.717) is 5.92 Å². The molecule has 0 radical (unpaired) electrons. The van der Waals surface area contributed by atoms with Gasteiger partial charge in [-0.1, -0.05) is 40.0 Å². The van der Waals surface area contributed by atoms with Crippen LogP contribution in [0.2, 0.25) is 0 Å². The predicted molar refractivity (Wildman–Crippen MR) is 78.5 cm³/mol. The van der Waals surface area contributed by atoms with E-state index in [0.717, 1.165) is 19.3 Å². The SMILES string of the molecule is CC(C)C(CNC(=O)NC1CCCCCC1C)C(=O)O. The zero-order valence-electron chi connectivity index (χ0n) is 12.8. The number of aliphatic carboxylic acids is 1. The van der Waals surface area contributed by atoms with Crippen molar-refractivity contribution in [1.82, 2.24) is 10.6 Å². The molecule has 3 atom stereocenters. The highest BCUT2D eigenvalue weighted by molar-refractivity contribution is 5.76. The number of urea groups is 1. The number of carboxylic acid groups (broad SMARTS) is 1. The number of carbonyl (C=O) groups excluding carboxylic acids is 1. The van der Waals surface area contributed by atoms with Gasteiger partial charge < -0.3 is 15.7 Å². The van der Waals surface area contributed by atoms with Crippen molar-refractivity contribution >= 4 is 12.0 Å². The molecule has 0 aromatic carbocycles. The molecule has 5 nitrogen and oxygen atoms in total. The normalized spacial score (nSPS) is 24.8. The maximum absolute atomic E-state index is 11.9. The van der Waals surface area contributed by atoms with Crippen LogP contribution in [-0.2, 0) is 4.79 Å². The van der Waals surface area contributed by atoms with Gasteiger partial charge in [0, 0.05) is 12.6 Å². The molecule has 0 aromatic rings. The van der Waals surface area contributed by atoms with Gasteiger partial charge in [-0.3, -0.25) is 4.79 Å². The molecule has 1 aliphatic rings. The fraction of sp³-hybridized carbons (Fsp3) is 0.867. The van der Waals surface area contributed by atoms with Crippen molar-refractivity contribution in [2.45, 2.75) is 58.9 Å². The lowest BCUT2D eigenvalue weighted by Gasteiger charge is -2.24. The summed E-state index contributed by atoms with van der Waals surface area (Å²) in [6, 6.07) is -0.0320. The quantitative estimate of drug-likeness (QED) is 0.679. The van der Waals surface area contributed by atoms with Crippen LogP contribution in [0.1, 0.15) is 52.9 Å². The van der Waals surface area contributed by atoms with Crippen molar-refractivity contribution in [3.63, 3.8) is 0 Å². The van der Waals surface area contributed by atoms with Gasteiger partial charge in [-0.15, -0.1) is 0 Å². The molecule has 0 bridgehead atoms. The van der Waals surface area contributed by atoms with Crippen molar-refractivity contribution in [3.05, 3.63) is 0 Å². The van der Waals surface area contributed by atoms with Crippen molar-refractivity contribution in [1.29, 1.82) is 0 Å². The van der Waals surface area contributed by atoms with Crippen LogP contribution >= 0.6 is 0 Å². The maximum atomic E-state index is 11.9. The Morgan fingerprint density at radius 3 is 2.45 bits per heavy atom. The highest BCUT2D eigenvalue weighted by Crippen LogP contribution is 2.22. The van der Waals surface area contributed by atoms with Gasteiger partial charge in [0.05, 0.1) is 5.92 Å². The van der Waals surface area contributed by atoms with Gasteiger partial charge in [0.1, 0.15) is 0 Å². The average molecular weight is 284 g/mol. The Morgan fingerprint density at radius 2 is 1.85 bits per heavy atom. The molecule has 2 amide bonds. The Kier molecular flexibility index (Phi) is 6.82. The fourth-order valence-electron chi connectivity index (χ4n) is 2.74. The zero-order valence-corrected chi connectivity index (χ0v) is 12.8.